The molecule has 1 aliphatic rings. The number of hydrogen-bond donors (Lipinski definition) is 1. The van der Waals surface area contributed by atoms with Crippen LogP contribution in [0.1, 0.15) is 18.6 Å². The highest BCUT2D eigenvalue weighted by Gasteiger charge is 2.23. The first-order valence-corrected chi connectivity index (χ1v) is 10.6. The molecule has 1 aromatic heterocycles. The van der Waals surface area contributed by atoms with E-state index >= 15 is 0 Å². The Hall–Kier alpha value is -2.09. The second kappa shape index (κ2) is 8.73. The molecule has 0 radical (unpaired) electrons. The van der Waals surface area contributed by atoms with Crippen LogP contribution < -0.4 is 4.72 Å². The van der Waals surface area contributed by atoms with Gasteiger partial charge in [-0.25, -0.2) is 13.1 Å². The van der Waals surface area contributed by atoms with Gasteiger partial charge in [-0.3, -0.25) is 4.79 Å². The van der Waals surface area contributed by atoms with Crippen molar-refractivity contribution in [2.24, 2.45) is 5.92 Å². The summed E-state index contributed by atoms with van der Waals surface area (Å²) < 4.78 is 32.5. The monoisotopic (exact) mass is 408 g/mol. The average Bonchev–Trinajstić information content (AvgIpc) is 3.19. The Balaban J connectivity index is 1.46. The molecule has 0 spiro atoms. The fraction of sp³-hybridized carbons (Fsp3) is 0.316. The summed E-state index contributed by atoms with van der Waals surface area (Å²) in [5, 5.41) is 0.493. The van der Waals surface area contributed by atoms with E-state index < -0.39 is 10.0 Å². The highest BCUT2D eigenvalue weighted by atomic mass is 35.5. The average molecular weight is 409 g/mol. The van der Waals surface area contributed by atoms with Gasteiger partial charge in [0.05, 0.1) is 11.2 Å². The number of likely N-dealkylation sites (tertiary alicyclic amines) is 1. The molecule has 0 bridgehead atoms. The van der Waals surface area contributed by atoms with Crippen molar-refractivity contribution in [1.82, 2.24) is 9.62 Å². The van der Waals surface area contributed by atoms with Crippen molar-refractivity contribution in [3.63, 3.8) is 0 Å². The molecule has 0 atom stereocenters. The van der Waals surface area contributed by atoms with Crippen molar-refractivity contribution in [3.8, 4) is 0 Å². The topological polar surface area (TPSA) is 79.6 Å². The van der Waals surface area contributed by atoms with Gasteiger partial charge in [-0.05, 0) is 61.2 Å². The van der Waals surface area contributed by atoms with Crippen LogP contribution in [0.2, 0.25) is 5.02 Å². The highest BCUT2D eigenvalue weighted by Crippen LogP contribution is 2.19. The van der Waals surface area contributed by atoms with E-state index in [1.807, 2.05) is 0 Å². The number of carbonyl (C=O) groups excluding carboxylic acids is 1. The Labute approximate surface area is 163 Å². The molecule has 1 aromatic carbocycles. The van der Waals surface area contributed by atoms with E-state index in [1.54, 1.807) is 41.5 Å². The van der Waals surface area contributed by atoms with Gasteiger partial charge < -0.3 is 9.32 Å². The number of hydrogen-bond acceptors (Lipinski definition) is 4. The van der Waals surface area contributed by atoms with Crippen molar-refractivity contribution in [2.75, 3.05) is 19.6 Å². The van der Waals surface area contributed by atoms with Gasteiger partial charge in [-0.2, -0.15) is 0 Å². The third-order valence-electron chi connectivity index (χ3n) is 4.55. The lowest BCUT2D eigenvalue weighted by Crippen LogP contribution is -2.40. The lowest BCUT2D eigenvalue weighted by atomic mass is 9.97. The first-order chi connectivity index (χ1) is 12.9. The van der Waals surface area contributed by atoms with Crippen LogP contribution in [0.5, 0.6) is 0 Å². The number of benzene rings is 1. The molecule has 144 valence electrons. The summed E-state index contributed by atoms with van der Waals surface area (Å²) in [4.78, 5) is 14.2. The Morgan fingerprint density at radius 3 is 2.56 bits per heavy atom. The molecule has 0 unspecified atom stereocenters. The van der Waals surface area contributed by atoms with Gasteiger partial charge in [0.2, 0.25) is 15.9 Å². The second-order valence-corrected chi connectivity index (χ2v) is 8.63. The molecule has 1 amide bonds. The maximum atomic E-state index is 12.3. The number of rotatable bonds is 6. The van der Waals surface area contributed by atoms with Gasteiger partial charge in [0.1, 0.15) is 5.76 Å². The zero-order valence-electron chi connectivity index (χ0n) is 14.7. The van der Waals surface area contributed by atoms with E-state index in [4.69, 9.17) is 16.0 Å². The van der Waals surface area contributed by atoms with Gasteiger partial charge in [0, 0.05) is 30.7 Å². The molecular weight excluding hydrogens is 388 g/mol. The van der Waals surface area contributed by atoms with E-state index in [0.717, 1.165) is 12.8 Å². The largest absolute Gasteiger partial charge is 0.465 e. The van der Waals surface area contributed by atoms with Crippen LogP contribution in [0.25, 0.3) is 6.08 Å². The molecule has 1 aliphatic heterocycles. The Morgan fingerprint density at radius 2 is 1.93 bits per heavy atom. The molecule has 6 nitrogen and oxygen atoms in total. The fourth-order valence-electron chi connectivity index (χ4n) is 2.93. The van der Waals surface area contributed by atoms with Crippen LogP contribution in [0, 0.1) is 5.92 Å². The minimum atomic E-state index is -3.55. The van der Waals surface area contributed by atoms with Gasteiger partial charge in [-0.15, -0.1) is 0 Å². The molecule has 3 rings (SSSR count). The van der Waals surface area contributed by atoms with Crippen LogP contribution in [-0.4, -0.2) is 38.9 Å². The molecular formula is C19H21ClN2O4S. The SMILES string of the molecule is O=C(/C=C/c1ccco1)N1CCC(CNS(=O)(=O)c2ccc(Cl)cc2)CC1. The van der Waals surface area contributed by atoms with Gasteiger partial charge in [-0.1, -0.05) is 11.6 Å². The molecule has 8 heteroatoms. The molecule has 1 N–H and O–H groups in total. The van der Waals surface area contributed by atoms with Crippen molar-refractivity contribution in [3.05, 3.63) is 59.5 Å². The Morgan fingerprint density at radius 1 is 1.22 bits per heavy atom. The zero-order chi connectivity index (χ0) is 19.3. The predicted molar refractivity (Wildman–Crippen MR) is 104 cm³/mol. The van der Waals surface area contributed by atoms with Crippen LogP contribution in [0.3, 0.4) is 0 Å². The maximum absolute atomic E-state index is 12.3. The van der Waals surface area contributed by atoms with Crippen LogP contribution >= 0.6 is 11.6 Å². The number of piperidine rings is 1. The van der Waals surface area contributed by atoms with E-state index in [2.05, 4.69) is 4.72 Å². The summed E-state index contributed by atoms with van der Waals surface area (Å²) in [6, 6.07) is 9.62. The van der Waals surface area contributed by atoms with Crippen molar-refractivity contribution < 1.29 is 17.6 Å². The highest BCUT2D eigenvalue weighted by molar-refractivity contribution is 7.89. The number of carbonyl (C=O) groups is 1. The van der Waals surface area contributed by atoms with E-state index in [0.29, 0.717) is 30.4 Å². The van der Waals surface area contributed by atoms with Crippen molar-refractivity contribution in [1.29, 1.82) is 0 Å². The quantitative estimate of drug-likeness (QED) is 0.744. The van der Waals surface area contributed by atoms with Crippen LogP contribution in [0.4, 0.5) is 0 Å². The Bertz CT molecular complexity index is 884. The molecule has 2 aromatic rings. The first kappa shape index (κ1) is 19.7. The van der Waals surface area contributed by atoms with Gasteiger partial charge in [0.15, 0.2) is 0 Å². The van der Waals surface area contributed by atoms with E-state index in [9.17, 15) is 13.2 Å². The summed E-state index contributed by atoms with van der Waals surface area (Å²) in [5.41, 5.74) is 0. The van der Waals surface area contributed by atoms with Crippen molar-refractivity contribution >= 4 is 33.6 Å². The van der Waals surface area contributed by atoms with Crippen molar-refractivity contribution in [2.45, 2.75) is 17.7 Å². The fourth-order valence-corrected chi connectivity index (χ4v) is 4.17. The lowest BCUT2D eigenvalue weighted by Gasteiger charge is -2.31. The third kappa shape index (κ3) is 5.45. The summed E-state index contributed by atoms with van der Waals surface area (Å²) in [5.74, 6) is 0.770. The Kier molecular flexibility index (Phi) is 6.36. The number of amides is 1. The number of sulfonamides is 1. The van der Waals surface area contributed by atoms with Crippen LogP contribution in [-0.2, 0) is 14.8 Å². The van der Waals surface area contributed by atoms with E-state index in [-0.39, 0.29) is 16.7 Å². The minimum Gasteiger partial charge on any atom is -0.465 e. The standard InChI is InChI=1S/C19H21ClN2O4S/c20-16-3-6-18(7-4-16)27(24,25)21-14-15-9-11-22(12-10-15)19(23)8-5-17-2-1-13-26-17/h1-8,13,15,21H,9-12,14H2/b8-5+. The third-order valence-corrected chi connectivity index (χ3v) is 6.24. The lowest BCUT2D eigenvalue weighted by molar-refractivity contribution is -0.127. The predicted octanol–water partition coefficient (Wildman–Crippen LogP) is 3.16. The van der Waals surface area contributed by atoms with Gasteiger partial charge >= 0.3 is 0 Å². The molecule has 1 fully saturated rings. The normalized spacial score (nSPS) is 16.1. The molecule has 0 saturated carbocycles. The molecule has 0 aliphatic carbocycles. The summed E-state index contributed by atoms with van der Waals surface area (Å²) in [6.07, 6.45) is 6.21. The van der Waals surface area contributed by atoms with E-state index in [1.165, 1.54) is 18.2 Å². The number of furan rings is 1. The summed E-state index contributed by atoms with van der Waals surface area (Å²) >= 11 is 5.79. The summed E-state index contributed by atoms with van der Waals surface area (Å²) in [6.45, 7) is 1.57. The number of halogens is 1. The summed E-state index contributed by atoms with van der Waals surface area (Å²) in [7, 11) is -3.55. The zero-order valence-corrected chi connectivity index (χ0v) is 16.2. The first-order valence-electron chi connectivity index (χ1n) is 8.70. The van der Waals surface area contributed by atoms with Crippen LogP contribution in [0.15, 0.2) is 58.1 Å². The molecule has 2 heterocycles. The minimum absolute atomic E-state index is 0.0633. The van der Waals surface area contributed by atoms with Gasteiger partial charge in [0.25, 0.3) is 0 Å². The number of nitrogens with zero attached hydrogens (tertiary/aromatic N) is 1. The number of nitrogens with one attached hydrogen (secondary N) is 1. The second-order valence-electron chi connectivity index (χ2n) is 6.42. The molecule has 1 saturated heterocycles. The smallest absolute Gasteiger partial charge is 0.246 e. The maximum Gasteiger partial charge on any atom is 0.246 e. The molecule has 27 heavy (non-hydrogen) atoms.